The third-order valence-electron chi connectivity index (χ3n) is 4.61. The minimum absolute atomic E-state index is 0.0574. The van der Waals surface area contributed by atoms with Gasteiger partial charge < -0.3 is 19.3 Å². The summed E-state index contributed by atoms with van der Waals surface area (Å²) in [6.07, 6.45) is 1.44. The maximum atomic E-state index is 12.6. The van der Waals surface area contributed by atoms with Crippen molar-refractivity contribution in [1.29, 1.82) is 0 Å². The second-order valence-electron chi connectivity index (χ2n) is 6.29. The molecule has 3 aliphatic rings. The molecule has 2 amide bonds. The van der Waals surface area contributed by atoms with Gasteiger partial charge in [-0.1, -0.05) is 12.1 Å². The first-order valence-corrected chi connectivity index (χ1v) is 8.18. The van der Waals surface area contributed by atoms with Crippen LogP contribution in [0.15, 0.2) is 24.3 Å². The van der Waals surface area contributed by atoms with Crippen molar-refractivity contribution in [2.75, 3.05) is 32.8 Å². The molecule has 4 rings (SSSR count). The summed E-state index contributed by atoms with van der Waals surface area (Å²) in [5.74, 6) is 1.72. The number of hydrogen-bond donors (Lipinski definition) is 0. The van der Waals surface area contributed by atoms with Crippen LogP contribution in [0.25, 0.3) is 0 Å². The average molecular weight is 316 g/mol. The van der Waals surface area contributed by atoms with Gasteiger partial charge in [0.1, 0.15) is 6.61 Å². The average Bonchev–Trinajstić information content (AvgIpc) is 3.45. The summed E-state index contributed by atoms with van der Waals surface area (Å²) in [4.78, 5) is 28.3. The van der Waals surface area contributed by atoms with Crippen LogP contribution in [0.1, 0.15) is 12.8 Å². The van der Waals surface area contributed by atoms with Crippen LogP contribution in [0.5, 0.6) is 11.5 Å². The number of amides is 2. The Morgan fingerprint density at radius 2 is 1.52 bits per heavy atom. The van der Waals surface area contributed by atoms with E-state index >= 15 is 0 Å². The molecule has 23 heavy (non-hydrogen) atoms. The summed E-state index contributed by atoms with van der Waals surface area (Å²) in [5, 5.41) is 0. The molecule has 1 saturated heterocycles. The van der Waals surface area contributed by atoms with Crippen molar-refractivity contribution in [3.63, 3.8) is 0 Å². The highest BCUT2D eigenvalue weighted by atomic mass is 16.6. The smallest absolute Gasteiger partial charge is 0.267 e. The van der Waals surface area contributed by atoms with Crippen LogP contribution in [-0.4, -0.2) is 60.5 Å². The molecule has 6 heteroatoms. The van der Waals surface area contributed by atoms with E-state index in [0.717, 1.165) is 12.8 Å². The quantitative estimate of drug-likeness (QED) is 0.814. The maximum absolute atomic E-state index is 12.6. The van der Waals surface area contributed by atoms with Crippen LogP contribution < -0.4 is 9.47 Å². The Labute approximate surface area is 134 Å². The molecule has 122 valence electrons. The summed E-state index contributed by atoms with van der Waals surface area (Å²) in [6.45, 7) is 2.60. The molecule has 0 N–H and O–H groups in total. The zero-order valence-corrected chi connectivity index (χ0v) is 12.9. The van der Waals surface area contributed by atoms with Crippen molar-refractivity contribution in [3.05, 3.63) is 24.3 Å². The molecule has 0 radical (unpaired) electrons. The molecular formula is C17H20N2O4. The number of nitrogens with zero attached hydrogens (tertiary/aromatic N) is 2. The Hall–Kier alpha value is -2.24. The minimum Gasteiger partial charge on any atom is -0.485 e. The van der Waals surface area contributed by atoms with Gasteiger partial charge in [-0.15, -0.1) is 0 Å². The molecule has 0 spiro atoms. The van der Waals surface area contributed by atoms with E-state index in [-0.39, 0.29) is 24.3 Å². The van der Waals surface area contributed by atoms with Crippen molar-refractivity contribution in [2.24, 2.45) is 5.92 Å². The number of carbonyl (C=O) groups is 2. The predicted molar refractivity (Wildman–Crippen MR) is 82.2 cm³/mol. The summed E-state index contributed by atoms with van der Waals surface area (Å²) in [6, 6.07) is 7.37. The first-order chi connectivity index (χ1) is 11.2. The zero-order valence-electron chi connectivity index (χ0n) is 12.9. The summed E-state index contributed by atoms with van der Waals surface area (Å²) in [5.41, 5.74) is 0. The first kappa shape index (κ1) is 14.4. The van der Waals surface area contributed by atoms with Crippen molar-refractivity contribution >= 4 is 11.8 Å². The molecule has 1 aliphatic carbocycles. The van der Waals surface area contributed by atoms with Gasteiger partial charge in [0, 0.05) is 32.1 Å². The van der Waals surface area contributed by atoms with Gasteiger partial charge in [0.05, 0.1) is 0 Å². The van der Waals surface area contributed by atoms with Gasteiger partial charge in [0.2, 0.25) is 12.0 Å². The fraction of sp³-hybridized carbons (Fsp3) is 0.529. The van der Waals surface area contributed by atoms with Crippen LogP contribution in [-0.2, 0) is 9.59 Å². The van der Waals surface area contributed by atoms with Crippen LogP contribution in [0.2, 0.25) is 0 Å². The maximum Gasteiger partial charge on any atom is 0.267 e. The fourth-order valence-corrected chi connectivity index (χ4v) is 3.08. The van der Waals surface area contributed by atoms with Crippen LogP contribution in [0, 0.1) is 5.92 Å². The third kappa shape index (κ3) is 2.85. The van der Waals surface area contributed by atoms with Gasteiger partial charge in [-0.3, -0.25) is 9.59 Å². The van der Waals surface area contributed by atoms with E-state index in [1.165, 1.54) is 0 Å². The molecule has 1 aromatic rings. The topological polar surface area (TPSA) is 59.1 Å². The lowest BCUT2D eigenvalue weighted by atomic mass is 10.2. The Balaban J connectivity index is 1.34. The molecule has 1 atom stereocenters. The Morgan fingerprint density at radius 3 is 2.17 bits per heavy atom. The minimum atomic E-state index is -0.601. The molecule has 1 aromatic carbocycles. The fourth-order valence-electron chi connectivity index (χ4n) is 3.08. The lowest BCUT2D eigenvalue weighted by Crippen LogP contribution is -2.55. The largest absolute Gasteiger partial charge is 0.485 e. The zero-order chi connectivity index (χ0) is 15.8. The second-order valence-corrected chi connectivity index (χ2v) is 6.29. The number of benzene rings is 1. The molecule has 2 fully saturated rings. The van der Waals surface area contributed by atoms with Gasteiger partial charge in [0.15, 0.2) is 11.5 Å². The van der Waals surface area contributed by atoms with Gasteiger partial charge in [-0.25, -0.2) is 0 Å². The highest BCUT2D eigenvalue weighted by Crippen LogP contribution is 2.32. The molecule has 0 aromatic heterocycles. The highest BCUT2D eigenvalue weighted by Gasteiger charge is 2.37. The summed E-state index contributed by atoms with van der Waals surface area (Å²) in [7, 11) is 0. The number of para-hydroxylation sites is 2. The highest BCUT2D eigenvalue weighted by molar-refractivity contribution is 5.83. The van der Waals surface area contributed by atoms with Gasteiger partial charge in [-0.2, -0.15) is 0 Å². The van der Waals surface area contributed by atoms with Gasteiger partial charge in [0.25, 0.3) is 5.91 Å². The number of carbonyl (C=O) groups excluding carboxylic acids is 2. The molecule has 0 bridgehead atoms. The summed E-state index contributed by atoms with van der Waals surface area (Å²) >= 11 is 0. The number of ether oxygens (including phenoxy) is 2. The molecule has 2 aliphatic heterocycles. The SMILES string of the molecule is O=C(C1CC1)N1CCN(C(=O)[C@H]2COc3ccccc3O2)CC1. The van der Waals surface area contributed by atoms with E-state index < -0.39 is 6.10 Å². The van der Waals surface area contributed by atoms with Crippen molar-refractivity contribution < 1.29 is 19.1 Å². The van der Waals surface area contributed by atoms with Gasteiger partial charge in [-0.05, 0) is 25.0 Å². The van der Waals surface area contributed by atoms with E-state index in [2.05, 4.69) is 0 Å². The Bertz CT molecular complexity index is 621. The third-order valence-corrected chi connectivity index (χ3v) is 4.61. The molecule has 1 saturated carbocycles. The van der Waals surface area contributed by atoms with Crippen LogP contribution in [0.4, 0.5) is 0 Å². The van der Waals surface area contributed by atoms with E-state index in [1.807, 2.05) is 23.1 Å². The number of piperazine rings is 1. The van der Waals surface area contributed by atoms with Gasteiger partial charge >= 0.3 is 0 Å². The van der Waals surface area contributed by atoms with E-state index in [4.69, 9.17) is 9.47 Å². The van der Waals surface area contributed by atoms with Crippen LogP contribution in [0.3, 0.4) is 0 Å². The molecular weight excluding hydrogens is 296 g/mol. The number of hydrogen-bond acceptors (Lipinski definition) is 4. The monoisotopic (exact) mass is 316 g/mol. The Kier molecular flexibility index (Phi) is 3.59. The molecule has 0 unspecified atom stereocenters. The summed E-state index contributed by atoms with van der Waals surface area (Å²) < 4.78 is 11.4. The van der Waals surface area contributed by atoms with Crippen molar-refractivity contribution in [3.8, 4) is 11.5 Å². The second kappa shape index (κ2) is 5.76. The predicted octanol–water partition coefficient (Wildman–Crippen LogP) is 0.907. The van der Waals surface area contributed by atoms with E-state index in [0.29, 0.717) is 37.7 Å². The lowest BCUT2D eigenvalue weighted by Gasteiger charge is -2.37. The van der Waals surface area contributed by atoms with Crippen molar-refractivity contribution in [1.82, 2.24) is 9.80 Å². The molecule has 6 nitrogen and oxygen atoms in total. The lowest BCUT2D eigenvalue weighted by molar-refractivity contribution is -0.146. The molecule has 2 heterocycles. The first-order valence-electron chi connectivity index (χ1n) is 8.18. The number of fused-ring (bicyclic) bond motifs is 1. The normalized spacial score (nSPS) is 23.6. The van der Waals surface area contributed by atoms with E-state index in [9.17, 15) is 9.59 Å². The Morgan fingerprint density at radius 1 is 0.913 bits per heavy atom. The van der Waals surface area contributed by atoms with Crippen LogP contribution >= 0.6 is 0 Å². The standard InChI is InChI=1S/C17H20N2O4/c20-16(12-5-6-12)18-7-9-19(10-8-18)17(21)15-11-22-13-3-1-2-4-14(13)23-15/h1-4,12,15H,5-11H2/t15-/m1/s1. The van der Waals surface area contributed by atoms with E-state index in [1.54, 1.807) is 11.0 Å². The van der Waals surface area contributed by atoms with Crippen molar-refractivity contribution in [2.45, 2.75) is 18.9 Å². The number of rotatable bonds is 2.